The van der Waals surface area contributed by atoms with E-state index in [1.54, 1.807) is 0 Å². The van der Waals surface area contributed by atoms with Gasteiger partial charge in [-0.15, -0.1) is 0 Å². The quantitative estimate of drug-likeness (QED) is 0.764. The summed E-state index contributed by atoms with van der Waals surface area (Å²) in [4.78, 5) is -0.386. The Balaban J connectivity index is 2.33. The Labute approximate surface area is 132 Å². The fourth-order valence-corrected chi connectivity index (χ4v) is 3.51. The zero-order valence-corrected chi connectivity index (χ0v) is 13.5. The second kappa shape index (κ2) is 6.25. The van der Waals surface area contributed by atoms with Crippen LogP contribution in [0, 0.1) is 11.6 Å². The van der Waals surface area contributed by atoms with E-state index in [1.165, 1.54) is 6.92 Å². The first kappa shape index (κ1) is 17.4. The summed E-state index contributed by atoms with van der Waals surface area (Å²) in [5, 5.41) is 0. The van der Waals surface area contributed by atoms with Gasteiger partial charge in [-0.25, -0.2) is 17.2 Å². The molecule has 0 heterocycles. The highest BCUT2D eigenvalue weighted by atomic mass is 32.2. The van der Waals surface area contributed by atoms with Crippen molar-refractivity contribution in [2.45, 2.75) is 16.7 Å². The lowest BCUT2D eigenvalue weighted by Crippen LogP contribution is -2.11. The molecule has 0 aliphatic carbocycles. The standard InChI is InChI=1S/C14H12F2O5S2/c1-2-22(17,18)11-4-6-12(7-5-11)23(19,20)21-14-8-3-10(15)9-13(14)16/h3-9H,2H2,1H3. The normalized spacial score (nSPS) is 12.1. The van der Waals surface area contributed by atoms with Crippen molar-refractivity contribution >= 4 is 20.0 Å². The minimum atomic E-state index is -4.37. The molecule has 0 aliphatic rings. The summed E-state index contributed by atoms with van der Waals surface area (Å²) in [5.74, 6) is -2.83. The molecule has 124 valence electrons. The number of hydrogen-bond acceptors (Lipinski definition) is 5. The highest BCUT2D eigenvalue weighted by Gasteiger charge is 2.20. The molecular weight excluding hydrogens is 350 g/mol. The highest BCUT2D eigenvalue weighted by molar-refractivity contribution is 7.91. The van der Waals surface area contributed by atoms with Crippen LogP contribution in [0.3, 0.4) is 0 Å². The molecule has 0 saturated carbocycles. The van der Waals surface area contributed by atoms with Gasteiger partial charge in [-0.3, -0.25) is 0 Å². The van der Waals surface area contributed by atoms with Gasteiger partial charge in [-0.2, -0.15) is 8.42 Å². The van der Waals surface area contributed by atoms with Crippen LogP contribution in [-0.4, -0.2) is 22.6 Å². The molecule has 5 nitrogen and oxygen atoms in total. The zero-order chi connectivity index (χ0) is 17.3. The Hall–Kier alpha value is -2.00. The van der Waals surface area contributed by atoms with E-state index in [-0.39, 0.29) is 15.5 Å². The third kappa shape index (κ3) is 3.85. The molecule has 2 aromatic carbocycles. The SMILES string of the molecule is CCS(=O)(=O)c1ccc(S(=O)(=O)Oc2ccc(F)cc2F)cc1. The van der Waals surface area contributed by atoms with Crippen molar-refractivity contribution < 1.29 is 29.8 Å². The molecule has 9 heteroatoms. The van der Waals surface area contributed by atoms with Crippen molar-refractivity contribution in [1.29, 1.82) is 0 Å². The van der Waals surface area contributed by atoms with Crippen molar-refractivity contribution in [2.75, 3.05) is 5.75 Å². The summed E-state index contributed by atoms with van der Waals surface area (Å²) in [7, 11) is -7.84. The van der Waals surface area contributed by atoms with Gasteiger partial charge in [0.25, 0.3) is 0 Å². The van der Waals surface area contributed by atoms with E-state index in [9.17, 15) is 25.6 Å². The number of hydrogen-bond donors (Lipinski definition) is 0. The van der Waals surface area contributed by atoms with Gasteiger partial charge in [0.1, 0.15) is 10.7 Å². The van der Waals surface area contributed by atoms with Gasteiger partial charge < -0.3 is 4.18 Å². The fourth-order valence-electron chi connectivity index (χ4n) is 1.69. The van der Waals surface area contributed by atoms with Gasteiger partial charge in [0.05, 0.1) is 10.6 Å². The van der Waals surface area contributed by atoms with Crippen LogP contribution in [-0.2, 0) is 20.0 Å². The Kier molecular flexibility index (Phi) is 4.71. The summed E-state index contributed by atoms with van der Waals surface area (Å²) >= 11 is 0. The molecular formula is C14H12F2O5S2. The lowest BCUT2D eigenvalue weighted by Gasteiger charge is -2.08. The number of sulfone groups is 1. The average Bonchev–Trinajstić information content (AvgIpc) is 2.50. The first-order chi connectivity index (χ1) is 10.7. The van der Waals surface area contributed by atoms with Crippen LogP contribution in [0.15, 0.2) is 52.3 Å². The largest absolute Gasteiger partial charge is 0.376 e. The van der Waals surface area contributed by atoms with E-state index >= 15 is 0 Å². The Morgan fingerprint density at radius 1 is 0.913 bits per heavy atom. The van der Waals surface area contributed by atoms with Crippen molar-refractivity contribution in [3.63, 3.8) is 0 Å². The minimum absolute atomic E-state index is 0.0353. The highest BCUT2D eigenvalue weighted by Crippen LogP contribution is 2.23. The molecule has 0 saturated heterocycles. The van der Waals surface area contributed by atoms with E-state index in [0.29, 0.717) is 6.07 Å². The Morgan fingerprint density at radius 2 is 1.48 bits per heavy atom. The maximum Gasteiger partial charge on any atom is 0.339 e. The van der Waals surface area contributed by atoms with Crippen molar-refractivity contribution in [3.8, 4) is 5.75 Å². The van der Waals surface area contributed by atoms with Gasteiger partial charge in [-0.05, 0) is 36.4 Å². The van der Waals surface area contributed by atoms with E-state index in [4.69, 9.17) is 0 Å². The zero-order valence-electron chi connectivity index (χ0n) is 11.9. The maximum atomic E-state index is 13.5. The van der Waals surface area contributed by atoms with Crippen LogP contribution in [0.25, 0.3) is 0 Å². The molecule has 0 aliphatic heterocycles. The van der Waals surface area contributed by atoms with Crippen LogP contribution in [0.4, 0.5) is 8.78 Å². The minimum Gasteiger partial charge on any atom is -0.376 e. The molecule has 0 bridgehead atoms. The van der Waals surface area contributed by atoms with Crippen LogP contribution < -0.4 is 4.18 Å². The van der Waals surface area contributed by atoms with Crippen LogP contribution >= 0.6 is 0 Å². The lowest BCUT2D eigenvalue weighted by molar-refractivity contribution is 0.457. The van der Waals surface area contributed by atoms with Gasteiger partial charge in [-0.1, -0.05) is 6.92 Å². The second-order valence-corrected chi connectivity index (χ2v) is 8.31. The summed E-state index contributed by atoms with van der Waals surface area (Å²) in [6, 6.07) is 6.51. The summed E-state index contributed by atoms with van der Waals surface area (Å²) in [6.07, 6.45) is 0. The first-order valence-corrected chi connectivity index (χ1v) is 9.44. The monoisotopic (exact) mass is 362 g/mol. The first-order valence-electron chi connectivity index (χ1n) is 6.38. The van der Waals surface area contributed by atoms with E-state index in [2.05, 4.69) is 4.18 Å². The molecule has 23 heavy (non-hydrogen) atoms. The lowest BCUT2D eigenvalue weighted by atomic mass is 10.3. The summed E-state index contributed by atoms with van der Waals surface area (Å²) < 4.78 is 78.3. The van der Waals surface area contributed by atoms with Crippen LogP contribution in [0.2, 0.25) is 0 Å². The maximum absolute atomic E-state index is 13.5. The van der Waals surface area contributed by atoms with Crippen molar-refractivity contribution in [3.05, 3.63) is 54.1 Å². The van der Waals surface area contributed by atoms with Gasteiger partial charge >= 0.3 is 10.1 Å². The summed E-state index contributed by atoms with van der Waals surface area (Å²) in [6.45, 7) is 1.46. The molecule has 0 N–H and O–H groups in total. The Morgan fingerprint density at radius 3 is 2.00 bits per heavy atom. The number of halogens is 2. The number of rotatable bonds is 5. The second-order valence-electron chi connectivity index (χ2n) is 4.49. The predicted octanol–water partition coefficient (Wildman–Crippen LogP) is 2.53. The van der Waals surface area contributed by atoms with Crippen LogP contribution in [0.1, 0.15) is 6.92 Å². The van der Waals surface area contributed by atoms with E-state index < -0.39 is 37.3 Å². The summed E-state index contributed by atoms with van der Waals surface area (Å²) in [5.41, 5.74) is 0. The van der Waals surface area contributed by atoms with Gasteiger partial charge in [0.15, 0.2) is 21.4 Å². The average molecular weight is 362 g/mol. The number of benzene rings is 2. The molecule has 0 radical (unpaired) electrons. The van der Waals surface area contributed by atoms with E-state index in [0.717, 1.165) is 36.4 Å². The fraction of sp³-hybridized carbons (Fsp3) is 0.143. The van der Waals surface area contributed by atoms with Crippen molar-refractivity contribution in [2.24, 2.45) is 0 Å². The topological polar surface area (TPSA) is 77.5 Å². The Bertz CT molecular complexity index is 920. The molecule has 2 aromatic rings. The van der Waals surface area contributed by atoms with Gasteiger partial charge in [0, 0.05) is 6.07 Å². The van der Waals surface area contributed by atoms with Gasteiger partial charge in [0.2, 0.25) is 0 Å². The molecule has 0 atom stereocenters. The molecule has 0 unspecified atom stereocenters. The molecule has 0 aromatic heterocycles. The molecule has 0 amide bonds. The third-order valence-electron chi connectivity index (χ3n) is 2.94. The molecule has 0 spiro atoms. The third-order valence-corrected chi connectivity index (χ3v) is 5.94. The van der Waals surface area contributed by atoms with E-state index in [1.807, 2.05) is 0 Å². The molecule has 0 fully saturated rings. The smallest absolute Gasteiger partial charge is 0.339 e. The van der Waals surface area contributed by atoms with Crippen LogP contribution in [0.5, 0.6) is 5.75 Å². The van der Waals surface area contributed by atoms with Crippen molar-refractivity contribution in [1.82, 2.24) is 0 Å². The predicted molar refractivity (Wildman–Crippen MR) is 78.3 cm³/mol. The molecule has 2 rings (SSSR count).